The van der Waals surface area contributed by atoms with Crippen molar-refractivity contribution in [2.24, 2.45) is 0 Å². The summed E-state index contributed by atoms with van der Waals surface area (Å²) in [6.45, 7) is 4.21. The molecule has 1 atom stereocenters. The van der Waals surface area contributed by atoms with E-state index in [0.29, 0.717) is 16.6 Å². The zero-order valence-corrected chi connectivity index (χ0v) is 11.9. The summed E-state index contributed by atoms with van der Waals surface area (Å²) in [6, 6.07) is 0. The lowest BCUT2D eigenvalue weighted by atomic mass is 10.2. The first-order valence-corrected chi connectivity index (χ1v) is 7.42. The second-order valence-electron chi connectivity index (χ2n) is 4.51. The molecule has 0 aliphatic carbocycles. The first-order valence-electron chi connectivity index (χ1n) is 6.60. The first-order chi connectivity index (χ1) is 9.20. The smallest absolute Gasteiger partial charge is 0.265 e. The predicted octanol–water partition coefficient (Wildman–Crippen LogP) is 1.46. The molecule has 0 bridgehead atoms. The van der Waals surface area contributed by atoms with Gasteiger partial charge in [0.1, 0.15) is 10.7 Å². The van der Waals surface area contributed by atoms with Gasteiger partial charge in [-0.25, -0.2) is 4.98 Å². The number of thiazole rings is 1. The highest BCUT2D eigenvalue weighted by Crippen LogP contribution is 2.24. The standard InChI is InChI=1S/C12H20N4O2S/c1-2-5-14-12-16-10(13)9(19-12)11(17)15-7-8-4-3-6-18-8/h8H,2-7,13H2,1H3,(H,14,16)(H,15,17). The Labute approximate surface area is 116 Å². The van der Waals surface area contributed by atoms with Gasteiger partial charge in [-0.2, -0.15) is 0 Å². The van der Waals surface area contributed by atoms with Gasteiger partial charge in [-0.05, 0) is 19.3 Å². The Bertz CT molecular complexity index is 429. The van der Waals surface area contributed by atoms with Crippen LogP contribution in [0.1, 0.15) is 35.9 Å². The van der Waals surface area contributed by atoms with Crippen LogP contribution in [0, 0.1) is 0 Å². The van der Waals surface area contributed by atoms with E-state index in [2.05, 4.69) is 22.5 Å². The molecule has 19 heavy (non-hydrogen) atoms. The second-order valence-corrected chi connectivity index (χ2v) is 5.50. The van der Waals surface area contributed by atoms with Gasteiger partial charge in [-0.1, -0.05) is 18.3 Å². The maximum Gasteiger partial charge on any atom is 0.265 e. The van der Waals surface area contributed by atoms with Gasteiger partial charge in [-0.15, -0.1) is 0 Å². The number of rotatable bonds is 6. The van der Waals surface area contributed by atoms with Gasteiger partial charge in [0.2, 0.25) is 0 Å². The molecule has 0 aromatic carbocycles. The normalized spacial score (nSPS) is 18.5. The van der Waals surface area contributed by atoms with E-state index in [1.54, 1.807) is 0 Å². The number of nitrogens with two attached hydrogens (primary N) is 1. The van der Waals surface area contributed by atoms with Crippen LogP contribution in [0.2, 0.25) is 0 Å². The van der Waals surface area contributed by atoms with Crippen LogP contribution in [0.4, 0.5) is 10.9 Å². The minimum absolute atomic E-state index is 0.135. The molecule has 1 amide bonds. The highest BCUT2D eigenvalue weighted by molar-refractivity contribution is 7.18. The molecule has 106 valence electrons. The lowest BCUT2D eigenvalue weighted by molar-refractivity contribution is 0.0861. The molecule has 1 fully saturated rings. The molecule has 1 aliphatic heterocycles. The molecule has 7 heteroatoms. The highest BCUT2D eigenvalue weighted by Gasteiger charge is 2.19. The fourth-order valence-corrected chi connectivity index (χ4v) is 2.72. The minimum atomic E-state index is -0.171. The van der Waals surface area contributed by atoms with Crippen molar-refractivity contribution in [1.29, 1.82) is 0 Å². The zero-order valence-electron chi connectivity index (χ0n) is 11.1. The van der Waals surface area contributed by atoms with Crippen molar-refractivity contribution >= 4 is 28.2 Å². The monoisotopic (exact) mass is 284 g/mol. The van der Waals surface area contributed by atoms with E-state index >= 15 is 0 Å². The summed E-state index contributed by atoms with van der Waals surface area (Å²) in [5.41, 5.74) is 5.76. The average molecular weight is 284 g/mol. The fourth-order valence-electron chi connectivity index (χ4n) is 1.89. The molecule has 1 aromatic rings. The lowest BCUT2D eigenvalue weighted by Gasteiger charge is -2.09. The van der Waals surface area contributed by atoms with E-state index in [1.165, 1.54) is 11.3 Å². The molecule has 1 aliphatic rings. The van der Waals surface area contributed by atoms with Gasteiger partial charge in [0.25, 0.3) is 5.91 Å². The summed E-state index contributed by atoms with van der Waals surface area (Å²) in [4.78, 5) is 16.6. The lowest BCUT2D eigenvalue weighted by Crippen LogP contribution is -2.31. The quantitative estimate of drug-likeness (QED) is 0.736. The number of nitrogen functional groups attached to an aromatic ring is 1. The van der Waals surface area contributed by atoms with Crippen LogP contribution in [0.5, 0.6) is 0 Å². The number of carbonyl (C=O) groups is 1. The van der Waals surface area contributed by atoms with Crippen molar-refractivity contribution in [3.05, 3.63) is 4.88 Å². The molecule has 4 N–H and O–H groups in total. The molecule has 1 unspecified atom stereocenters. The Morgan fingerprint density at radius 2 is 2.47 bits per heavy atom. The van der Waals surface area contributed by atoms with E-state index in [1.807, 2.05) is 0 Å². The van der Waals surface area contributed by atoms with E-state index in [9.17, 15) is 4.79 Å². The zero-order chi connectivity index (χ0) is 13.7. The van der Waals surface area contributed by atoms with Crippen LogP contribution in [0.15, 0.2) is 0 Å². The van der Waals surface area contributed by atoms with Crippen LogP contribution in [0.25, 0.3) is 0 Å². The number of carbonyl (C=O) groups excluding carboxylic acids is 1. The number of aromatic nitrogens is 1. The average Bonchev–Trinajstić information content (AvgIpc) is 3.03. The minimum Gasteiger partial charge on any atom is -0.382 e. The molecule has 0 saturated carbocycles. The molecule has 0 spiro atoms. The van der Waals surface area contributed by atoms with Gasteiger partial charge in [0.15, 0.2) is 5.13 Å². The van der Waals surface area contributed by atoms with Crippen molar-refractivity contribution in [3.63, 3.8) is 0 Å². The summed E-state index contributed by atoms with van der Waals surface area (Å²) in [6.07, 6.45) is 3.20. The van der Waals surface area contributed by atoms with Gasteiger partial charge < -0.3 is 21.1 Å². The van der Waals surface area contributed by atoms with Crippen molar-refractivity contribution in [3.8, 4) is 0 Å². The number of hydrogen-bond acceptors (Lipinski definition) is 6. The maximum absolute atomic E-state index is 12.0. The first kappa shape index (κ1) is 14.1. The molecule has 2 rings (SSSR count). The summed E-state index contributed by atoms with van der Waals surface area (Å²) in [7, 11) is 0. The molecule has 1 saturated heterocycles. The summed E-state index contributed by atoms with van der Waals surface area (Å²) < 4.78 is 5.46. The molecule has 0 radical (unpaired) electrons. The third kappa shape index (κ3) is 3.81. The van der Waals surface area contributed by atoms with E-state index in [4.69, 9.17) is 10.5 Å². The Morgan fingerprint density at radius 3 is 3.16 bits per heavy atom. The van der Waals surface area contributed by atoms with Crippen molar-refractivity contribution in [2.45, 2.75) is 32.3 Å². The largest absolute Gasteiger partial charge is 0.382 e. The second kappa shape index (κ2) is 6.72. The van der Waals surface area contributed by atoms with Gasteiger partial charge in [-0.3, -0.25) is 4.79 Å². The summed E-state index contributed by atoms with van der Waals surface area (Å²) in [5, 5.41) is 6.68. The van der Waals surface area contributed by atoms with E-state index in [0.717, 1.165) is 32.4 Å². The van der Waals surface area contributed by atoms with Crippen molar-refractivity contribution in [2.75, 3.05) is 30.7 Å². The number of anilines is 2. The van der Waals surface area contributed by atoms with Crippen LogP contribution < -0.4 is 16.4 Å². The van der Waals surface area contributed by atoms with Crippen LogP contribution >= 0.6 is 11.3 Å². The number of ether oxygens (including phenoxy) is 1. The SMILES string of the molecule is CCCNc1nc(N)c(C(=O)NCC2CCCO2)s1. The molecular weight excluding hydrogens is 264 g/mol. The number of nitrogens with one attached hydrogen (secondary N) is 2. The summed E-state index contributed by atoms with van der Waals surface area (Å²) in [5.74, 6) is 0.114. The molecule has 6 nitrogen and oxygen atoms in total. The topological polar surface area (TPSA) is 89.3 Å². The van der Waals surface area contributed by atoms with Gasteiger partial charge in [0, 0.05) is 19.7 Å². The number of nitrogens with zero attached hydrogens (tertiary/aromatic N) is 1. The van der Waals surface area contributed by atoms with E-state index < -0.39 is 0 Å². The van der Waals surface area contributed by atoms with Gasteiger partial charge in [0.05, 0.1) is 6.10 Å². The Kier molecular flexibility index (Phi) is 4.98. The third-order valence-corrected chi connectivity index (χ3v) is 3.93. The molecular formula is C12H20N4O2S. The Balaban J connectivity index is 1.88. The van der Waals surface area contributed by atoms with Crippen molar-refractivity contribution < 1.29 is 9.53 Å². The Hall–Kier alpha value is -1.34. The number of hydrogen-bond donors (Lipinski definition) is 3. The molecule has 1 aromatic heterocycles. The van der Waals surface area contributed by atoms with E-state index in [-0.39, 0.29) is 17.8 Å². The highest BCUT2D eigenvalue weighted by atomic mass is 32.1. The summed E-state index contributed by atoms with van der Waals surface area (Å²) >= 11 is 1.29. The van der Waals surface area contributed by atoms with Crippen LogP contribution in [-0.4, -0.2) is 36.7 Å². The molecule has 2 heterocycles. The number of amides is 1. The predicted molar refractivity (Wildman–Crippen MR) is 76.6 cm³/mol. The third-order valence-electron chi connectivity index (χ3n) is 2.90. The fraction of sp³-hybridized carbons (Fsp3) is 0.667. The van der Waals surface area contributed by atoms with Crippen LogP contribution in [-0.2, 0) is 4.74 Å². The van der Waals surface area contributed by atoms with Crippen molar-refractivity contribution in [1.82, 2.24) is 10.3 Å². The Morgan fingerprint density at radius 1 is 1.63 bits per heavy atom. The maximum atomic E-state index is 12.0. The van der Waals surface area contributed by atoms with Gasteiger partial charge >= 0.3 is 0 Å². The van der Waals surface area contributed by atoms with Crippen LogP contribution in [0.3, 0.4) is 0 Å².